The van der Waals surface area contributed by atoms with Crippen molar-refractivity contribution in [2.45, 2.75) is 18.2 Å². The van der Waals surface area contributed by atoms with Gasteiger partial charge in [-0.2, -0.15) is 0 Å². The van der Waals surface area contributed by atoms with Crippen molar-refractivity contribution in [1.29, 1.82) is 0 Å². The molecule has 0 spiro atoms. The van der Waals surface area contributed by atoms with Crippen molar-refractivity contribution in [3.63, 3.8) is 0 Å². The van der Waals surface area contributed by atoms with Crippen LogP contribution < -0.4 is 14.8 Å². The SMILES string of the molecule is CCOc1ccc2c(c1)S(=O)(=O)NC(=NCCC(=O)O)N2. The van der Waals surface area contributed by atoms with E-state index in [0.29, 0.717) is 18.0 Å². The van der Waals surface area contributed by atoms with Crippen LogP contribution in [0.15, 0.2) is 28.1 Å². The highest BCUT2D eigenvalue weighted by atomic mass is 32.2. The normalized spacial score (nSPS) is 17.5. The van der Waals surface area contributed by atoms with Gasteiger partial charge in [0.25, 0.3) is 10.0 Å². The fraction of sp³-hybridized carbons (Fsp3) is 0.333. The van der Waals surface area contributed by atoms with Crippen LogP contribution in [0.1, 0.15) is 13.3 Å². The maximum absolute atomic E-state index is 12.1. The number of aliphatic imine (C=N–C) groups is 1. The van der Waals surface area contributed by atoms with E-state index in [1.54, 1.807) is 19.1 Å². The Kier molecular flexibility index (Phi) is 4.32. The van der Waals surface area contributed by atoms with Crippen LogP contribution >= 0.6 is 0 Å². The first-order chi connectivity index (χ1) is 9.92. The van der Waals surface area contributed by atoms with Crippen molar-refractivity contribution in [2.75, 3.05) is 18.5 Å². The number of anilines is 1. The summed E-state index contributed by atoms with van der Waals surface area (Å²) in [4.78, 5) is 14.4. The van der Waals surface area contributed by atoms with Gasteiger partial charge in [-0.1, -0.05) is 0 Å². The van der Waals surface area contributed by atoms with Gasteiger partial charge >= 0.3 is 5.97 Å². The Labute approximate surface area is 121 Å². The standard InChI is InChI=1S/C12H15N3O5S/c1-2-20-8-3-4-9-10(7-8)21(18,19)15-12(14-9)13-6-5-11(16)17/h3-4,7H,2,5-6H2,1H3,(H,16,17)(H2,13,14,15). The van der Waals surface area contributed by atoms with Crippen LogP contribution in [0.5, 0.6) is 5.75 Å². The second-order valence-corrected chi connectivity index (χ2v) is 5.85. The Morgan fingerprint density at radius 3 is 2.86 bits per heavy atom. The van der Waals surface area contributed by atoms with Crippen LogP contribution in [-0.4, -0.2) is 38.6 Å². The molecule has 1 aliphatic heterocycles. The number of rotatable bonds is 5. The fourth-order valence-corrected chi connectivity index (χ4v) is 2.92. The smallest absolute Gasteiger partial charge is 0.305 e. The van der Waals surface area contributed by atoms with E-state index in [4.69, 9.17) is 9.84 Å². The summed E-state index contributed by atoms with van der Waals surface area (Å²) < 4.78 is 31.8. The predicted molar refractivity (Wildman–Crippen MR) is 76.1 cm³/mol. The zero-order valence-corrected chi connectivity index (χ0v) is 12.1. The molecule has 1 heterocycles. The van der Waals surface area contributed by atoms with Crippen molar-refractivity contribution in [1.82, 2.24) is 4.72 Å². The monoisotopic (exact) mass is 313 g/mol. The number of hydrogen-bond donors (Lipinski definition) is 3. The van der Waals surface area contributed by atoms with Gasteiger partial charge in [0.2, 0.25) is 5.96 Å². The van der Waals surface area contributed by atoms with Gasteiger partial charge in [0, 0.05) is 6.07 Å². The van der Waals surface area contributed by atoms with Crippen LogP contribution in [0, 0.1) is 0 Å². The summed E-state index contributed by atoms with van der Waals surface area (Å²) in [5, 5.41) is 11.3. The second kappa shape index (κ2) is 6.00. The highest BCUT2D eigenvalue weighted by molar-refractivity contribution is 7.90. The van der Waals surface area contributed by atoms with Crippen molar-refractivity contribution >= 4 is 27.6 Å². The molecule has 8 nitrogen and oxygen atoms in total. The summed E-state index contributed by atoms with van der Waals surface area (Å²) in [5.74, 6) is -0.539. The van der Waals surface area contributed by atoms with E-state index in [0.717, 1.165) is 0 Å². The van der Waals surface area contributed by atoms with Crippen LogP contribution in [0.4, 0.5) is 5.69 Å². The lowest BCUT2D eigenvalue weighted by atomic mass is 10.3. The lowest BCUT2D eigenvalue weighted by molar-refractivity contribution is -0.136. The largest absolute Gasteiger partial charge is 0.494 e. The Morgan fingerprint density at radius 2 is 2.19 bits per heavy atom. The number of benzene rings is 1. The quantitative estimate of drug-likeness (QED) is 0.733. The molecule has 0 saturated carbocycles. The molecule has 2 rings (SSSR count). The molecule has 0 saturated heterocycles. The minimum absolute atomic E-state index is 0.00732. The minimum atomic E-state index is -3.75. The van der Waals surface area contributed by atoms with Gasteiger partial charge in [0.15, 0.2) is 0 Å². The summed E-state index contributed by atoms with van der Waals surface area (Å²) in [7, 11) is -3.75. The van der Waals surface area contributed by atoms with E-state index in [9.17, 15) is 13.2 Å². The number of sulfonamides is 1. The zero-order valence-electron chi connectivity index (χ0n) is 11.3. The number of nitrogens with zero attached hydrogens (tertiary/aromatic N) is 1. The van der Waals surface area contributed by atoms with E-state index in [1.165, 1.54) is 6.07 Å². The molecule has 0 bridgehead atoms. The molecule has 1 aliphatic rings. The number of fused-ring (bicyclic) bond motifs is 1. The molecule has 1 aromatic carbocycles. The van der Waals surface area contributed by atoms with Gasteiger partial charge in [-0.15, -0.1) is 0 Å². The van der Waals surface area contributed by atoms with Crippen LogP contribution in [0.2, 0.25) is 0 Å². The summed E-state index contributed by atoms with van der Waals surface area (Å²) in [6.07, 6.45) is -0.178. The molecular formula is C12H15N3O5S. The van der Waals surface area contributed by atoms with E-state index < -0.39 is 16.0 Å². The van der Waals surface area contributed by atoms with Gasteiger partial charge in [-0.3, -0.25) is 9.79 Å². The molecule has 0 unspecified atom stereocenters. The van der Waals surface area contributed by atoms with Gasteiger partial charge in [-0.05, 0) is 19.1 Å². The van der Waals surface area contributed by atoms with E-state index >= 15 is 0 Å². The minimum Gasteiger partial charge on any atom is -0.494 e. The highest BCUT2D eigenvalue weighted by Gasteiger charge is 2.27. The molecule has 0 amide bonds. The summed E-state index contributed by atoms with van der Waals surface area (Å²) in [6, 6.07) is 4.64. The summed E-state index contributed by atoms with van der Waals surface area (Å²) in [5.41, 5.74) is 0.367. The first kappa shape index (κ1) is 15.1. The first-order valence-electron chi connectivity index (χ1n) is 6.25. The van der Waals surface area contributed by atoms with Gasteiger partial charge in [0.05, 0.1) is 25.3 Å². The Balaban J connectivity index is 2.26. The molecule has 0 aliphatic carbocycles. The Hall–Kier alpha value is -2.29. The number of aliphatic carboxylic acids is 1. The summed E-state index contributed by atoms with van der Waals surface area (Å²) in [6.45, 7) is 2.21. The fourth-order valence-electron chi connectivity index (χ4n) is 1.76. The van der Waals surface area contributed by atoms with Crippen molar-refractivity contribution < 1.29 is 23.1 Å². The lowest BCUT2D eigenvalue weighted by Crippen LogP contribution is -2.40. The average Bonchev–Trinajstić information content (AvgIpc) is 2.39. The van der Waals surface area contributed by atoms with E-state index in [1.807, 2.05) is 0 Å². The van der Waals surface area contributed by atoms with Crippen LogP contribution in [0.25, 0.3) is 0 Å². The first-order valence-corrected chi connectivity index (χ1v) is 7.73. The molecule has 0 fully saturated rings. The Bertz CT molecular complexity index is 684. The maximum Gasteiger partial charge on any atom is 0.305 e. The molecule has 0 radical (unpaired) electrons. The average molecular weight is 313 g/mol. The van der Waals surface area contributed by atoms with E-state index in [2.05, 4.69) is 15.0 Å². The molecule has 1 aromatic rings. The number of guanidine groups is 1. The van der Waals surface area contributed by atoms with Gasteiger partial charge in [-0.25, -0.2) is 13.1 Å². The number of carbonyl (C=O) groups is 1. The molecule has 9 heteroatoms. The zero-order chi connectivity index (χ0) is 15.5. The second-order valence-electron chi connectivity index (χ2n) is 4.20. The molecule has 3 N–H and O–H groups in total. The summed E-state index contributed by atoms with van der Waals surface area (Å²) >= 11 is 0. The van der Waals surface area contributed by atoms with Crippen molar-refractivity contribution in [3.8, 4) is 5.75 Å². The number of carboxylic acid groups (broad SMARTS) is 1. The lowest BCUT2D eigenvalue weighted by Gasteiger charge is -2.22. The van der Waals surface area contributed by atoms with E-state index in [-0.39, 0.29) is 23.8 Å². The van der Waals surface area contributed by atoms with Gasteiger partial charge in [0.1, 0.15) is 10.6 Å². The third-order valence-corrected chi connectivity index (χ3v) is 4.01. The van der Waals surface area contributed by atoms with Crippen LogP contribution in [0.3, 0.4) is 0 Å². The number of nitrogens with one attached hydrogen (secondary N) is 2. The number of ether oxygens (including phenoxy) is 1. The molecule has 0 aromatic heterocycles. The highest BCUT2D eigenvalue weighted by Crippen LogP contribution is 2.28. The molecular weight excluding hydrogens is 298 g/mol. The third-order valence-electron chi connectivity index (χ3n) is 2.63. The third kappa shape index (κ3) is 3.63. The Morgan fingerprint density at radius 1 is 1.43 bits per heavy atom. The number of carboxylic acids is 1. The van der Waals surface area contributed by atoms with Crippen molar-refractivity contribution in [2.24, 2.45) is 4.99 Å². The topological polar surface area (TPSA) is 117 Å². The maximum atomic E-state index is 12.1. The van der Waals surface area contributed by atoms with Gasteiger partial charge < -0.3 is 15.2 Å². The predicted octanol–water partition coefficient (Wildman–Crippen LogP) is 0.620. The molecule has 21 heavy (non-hydrogen) atoms. The van der Waals surface area contributed by atoms with Crippen molar-refractivity contribution in [3.05, 3.63) is 18.2 Å². The van der Waals surface area contributed by atoms with Crippen LogP contribution in [-0.2, 0) is 14.8 Å². The molecule has 114 valence electrons. The number of hydrogen-bond acceptors (Lipinski definition) is 5. The molecule has 0 atom stereocenters.